The molecule has 0 aromatic heterocycles. The lowest BCUT2D eigenvalue weighted by atomic mass is 10.2. The molecule has 37 heavy (non-hydrogen) atoms. The molecular formula is C26H31N5O4S2. The Morgan fingerprint density at radius 2 is 1.73 bits per heavy atom. The van der Waals surface area contributed by atoms with Crippen LogP contribution in [0.3, 0.4) is 0 Å². The van der Waals surface area contributed by atoms with Crippen molar-refractivity contribution in [3.63, 3.8) is 0 Å². The van der Waals surface area contributed by atoms with Crippen LogP contribution in [0.1, 0.15) is 10.4 Å². The molecule has 1 saturated heterocycles. The highest BCUT2D eigenvalue weighted by Crippen LogP contribution is 2.26. The fourth-order valence-corrected chi connectivity index (χ4v) is 5.69. The van der Waals surface area contributed by atoms with Crippen molar-refractivity contribution in [1.82, 2.24) is 10.0 Å². The van der Waals surface area contributed by atoms with Gasteiger partial charge < -0.3 is 15.5 Å². The number of carbonyl (C=O) groups is 1. The second kappa shape index (κ2) is 12.8. The number of rotatable bonds is 11. The zero-order chi connectivity index (χ0) is 26.1. The molecule has 11 heteroatoms. The van der Waals surface area contributed by atoms with Crippen molar-refractivity contribution in [3.8, 4) is 0 Å². The number of nitrogens with one attached hydrogen (secondary N) is 4. The van der Waals surface area contributed by atoms with E-state index in [0.717, 1.165) is 37.6 Å². The standard InChI is InChI=1S/C26H31N5O4S2/c1-35-29-25-19-23(11-12-24(25)28-15-18-36-22-5-3-2-4-6-22)37(33,34)30-26(32)20-7-9-21(10-8-20)31-16-13-27-14-17-31/h2-12,19,27-29H,13-18H2,1H3,(H,30,32). The molecule has 3 aromatic carbocycles. The number of hydrogen-bond donors (Lipinski definition) is 4. The number of sulfonamides is 1. The van der Waals surface area contributed by atoms with Gasteiger partial charge in [0.15, 0.2) is 0 Å². The zero-order valence-corrected chi connectivity index (χ0v) is 22.2. The van der Waals surface area contributed by atoms with E-state index in [4.69, 9.17) is 4.84 Å². The fraction of sp³-hybridized carbons (Fsp3) is 0.269. The van der Waals surface area contributed by atoms with Crippen molar-refractivity contribution in [2.75, 3.05) is 61.3 Å². The molecule has 3 aromatic rings. The highest BCUT2D eigenvalue weighted by atomic mass is 32.2. The first-order chi connectivity index (χ1) is 18.0. The molecule has 9 nitrogen and oxygen atoms in total. The van der Waals surface area contributed by atoms with Gasteiger partial charge in [-0.15, -0.1) is 11.8 Å². The smallest absolute Gasteiger partial charge is 0.264 e. The molecule has 0 bridgehead atoms. The lowest BCUT2D eigenvalue weighted by Gasteiger charge is -2.29. The Balaban J connectivity index is 1.39. The van der Waals surface area contributed by atoms with Crippen molar-refractivity contribution < 1.29 is 18.0 Å². The van der Waals surface area contributed by atoms with Gasteiger partial charge in [0.1, 0.15) is 0 Å². The largest absolute Gasteiger partial charge is 0.382 e. The van der Waals surface area contributed by atoms with Crippen molar-refractivity contribution in [2.45, 2.75) is 9.79 Å². The second-order valence-corrected chi connectivity index (χ2v) is 11.2. The summed E-state index contributed by atoms with van der Waals surface area (Å²) in [6.07, 6.45) is 0. The van der Waals surface area contributed by atoms with Gasteiger partial charge in [0.25, 0.3) is 15.9 Å². The number of carbonyl (C=O) groups excluding carboxylic acids is 1. The quantitative estimate of drug-likeness (QED) is 0.165. The van der Waals surface area contributed by atoms with E-state index in [0.29, 0.717) is 17.9 Å². The number of nitrogens with zero attached hydrogens (tertiary/aromatic N) is 1. The Bertz CT molecular complexity index is 1280. The first kappa shape index (κ1) is 26.8. The Labute approximate surface area is 222 Å². The van der Waals surface area contributed by atoms with Gasteiger partial charge in [0.05, 0.1) is 23.4 Å². The van der Waals surface area contributed by atoms with Crippen molar-refractivity contribution >= 4 is 44.8 Å². The van der Waals surface area contributed by atoms with E-state index in [1.54, 1.807) is 30.0 Å². The molecular weight excluding hydrogens is 510 g/mol. The number of thioether (sulfide) groups is 1. The number of amides is 1. The van der Waals surface area contributed by atoms with E-state index in [1.807, 2.05) is 30.3 Å². The molecule has 0 aliphatic carbocycles. The van der Waals surface area contributed by atoms with E-state index >= 15 is 0 Å². The third-order valence-electron chi connectivity index (χ3n) is 5.78. The average Bonchev–Trinajstić information content (AvgIpc) is 2.93. The van der Waals surface area contributed by atoms with Crippen LogP contribution in [0.15, 0.2) is 82.6 Å². The third kappa shape index (κ3) is 7.39. The van der Waals surface area contributed by atoms with Gasteiger partial charge in [0.2, 0.25) is 0 Å². The van der Waals surface area contributed by atoms with Crippen LogP contribution in [0, 0.1) is 0 Å². The number of piperazine rings is 1. The van der Waals surface area contributed by atoms with Crippen LogP contribution < -0.4 is 25.7 Å². The lowest BCUT2D eigenvalue weighted by molar-refractivity contribution is 0.0981. The van der Waals surface area contributed by atoms with Gasteiger partial charge >= 0.3 is 0 Å². The van der Waals surface area contributed by atoms with Gasteiger partial charge in [-0.05, 0) is 54.6 Å². The minimum absolute atomic E-state index is 0.0537. The highest BCUT2D eigenvalue weighted by molar-refractivity contribution is 7.99. The molecule has 0 radical (unpaired) electrons. The third-order valence-corrected chi connectivity index (χ3v) is 8.12. The first-order valence-corrected chi connectivity index (χ1v) is 14.4. The van der Waals surface area contributed by atoms with Crippen LogP contribution in [0.2, 0.25) is 0 Å². The minimum atomic E-state index is -4.10. The first-order valence-electron chi connectivity index (χ1n) is 11.9. The molecule has 1 amide bonds. The highest BCUT2D eigenvalue weighted by Gasteiger charge is 2.21. The summed E-state index contributed by atoms with van der Waals surface area (Å²) in [4.78, 5) is 21.1. The van der Waals surface area contributed by atoms with Crippen LogP contribution in [0.5, 0.6) is 0 Å². The molecule has 1 aliphatic rings. The second-order valence-electron chi connectivity index (χ2n) is 8.32. The summed E-state index contributed by atoms with van der Waals surface area (Å²) in [5, 5.41) is 6.59. The Hall–Kier alpha value is -3.25. The van der Waals surface area contributed by atoms with E-state index in [-0.39, 0.29) is 10.5 Å². The molecule has 1 heterocycles. The Morgan fingerprint density at radius 1 is 1.00 bits per heavy atom. The predicted molar refractivity (Wildman–Crippen MR) is 149 cm³/mol. The molecule has 1 aliphatic heterocycles. The number of hydrogen-bond acceptors (Lipinski definition) is 9. The van der Waals surface area contributed by atoms with Crippen LogP contribution in [-0.2, 0) is 14.9 Å². The van der Waals surface area contributed by atoms with Crippen LogP contribution in [0.4, 0.5) is 17.1 Å². The Morgan fingerprint density at radius 3 is 2.43 bits per heavy atom. The summed E-state index contributed by atoms with van der Waals surface area (Å²) >= 11 is 1.72. The molecule has 4 rings (SSSR count). The summed E-state index contributed by atoms with van der Waals surface area (Å²) < 4.78 is 28.1. The van der Waals surface area contributed by atoms with Crippen molar-refractivity contribution in [1.29, 1.82) is 0 Å². The lowest BCUT2D eigenvalue weighted by Crippen LogP contribution is -2.43. The zero-order valence-electron chi connectivity index (χ0n) is 20.6. The number of benzene rings is 3. The fourth-order valence-electron chi connectivity index (χ4n) is 3.90. The molecule has 4 N–H and O–H groups in total. The van der Waals surface area contributed by atoms with E-state index in [2.05, 4.69) is 37.9 Å². The van der Waals surface area contributed by atoms with E-state index in [1.165, 1.54) is 24.1 Å². The van der Waals surface area contributed by atoms with Gasteiger partial charge in [-0.2, -0.15) is 0 Å². The number of anilines is 3. The SMILES string of the molecule is CONc1cc(S(=O)(=O)NC(=O)c2ccc(N3CCNCC3)cc2)ccc1NCCSc1ccccc1. The van der Waals surface area contributed by atoms with Gasteiger partial charge in [0, 0.05) is 54.6 Å². The maximum absolute atomic E-state index is 13.0. The molecule has 0 spiro atoms. The summed E-state index contributed by atoms with van der Waals surface area (Å²) in [6, 6.07) is 21.6. The monoisotopic (exact) mass is 541 g/mol. The maximum atomic E-state index is 13.0. The normalized spacial score (nSPS) is 13.7. The average molecular weight is 542 g/mol. The maximum Gasteiger partial charge on any atom is 0.264 e. The molecule has 0 atom stereocenters. The van der Waals surface area contributed by atoms with Crippen LogP contribution in [-0.4, -0.2) is 59.9 Å². The van der Waals surface area contributed by atoms with Crippen LogP contribution in [0.25, 0.3) is 0 Å². The summed E-state index contributed by atoms with van der Waals surface area (Å²) in [7, 11) is -2.66. The minimum Gasteiger partial charge on any atom is -0.382 e. The van der Waals surface area contributed by atoms with E-state index < -0.39 is 15.9 Å². The van der Waals surface area contributed by atoms with Gasteiger partial charge in [-0.3, -0.25) is 15.1 Å². The van der Waals surface area contributed by atoms with Crippen molar-refractivity contribution in [3.05, 3.63) is 78.4 Å². The van der Waals surface area contributed by atoms with Gasteiger partial charge in [-0.25, -0.2) is 13.1 Å². The van der Waals surface area contributed by atoms with Gasteiger partial charge in [-0.1, -0.05) is 18.2 Å². The van der Waals surface area contributed by atoms with Crippen LogP contribution >= 0.6 is 11.8 Å². The Kier molecular flexibility index (Phi) is 9.29. The topological polar surface area (TPSA) is 112 Å². The molecule has 1 fully saturated rings. The molecule has 196 valence electrons. The molecule has 0 saturated carbocycles. The predicted octanol–water partition coefficient (Wildman–Crippen LogP) is 3.39. The van der Waals surface area contributed by atoms with E-state index in [9.17, 15) is 13.2 Å². The van der Waals surface area contributed by atoms with Crippen molar-refractivity contribution in [2.24, 2.45) is 0 Å². The summed E-state index contributed by atoms with van der Waals surface area (Å²) in [6.45, 7) is 4.23. The summed E-state index contributed by atoms with van der Waals surface area (Å²) in [5.74, 6) is 0.133. The molecule has 0 unspecified atom stereocenters. The summed E-state index contributed by atoms with van der Waals surface area (Å²) in [5.41, 5.74) is 5.12.